The van der Waals surface area contributed by atoms with Gasteiger partial charge in [0, 0.05) is 6.04 Å². The fourth-order valence-electron chi connectivity index (χ4n) is 0.418. The van der Waals surface area contributed by atoms with Gasteiger partial charge in [0.25, 0.3) is 0 Å². The minimum atomic E-state index is 0.454. The third-order valence-corrected chi connectivity index (χ3v) is 0.995. The molecule has 1 saturated carbocycles. The van der Waals surface area contributed by atoms with Crippen LogP contribution in [0.1, 0.15) is 26.7 Å². The summed E-state index contributed by atoms with van der Waals surface area (Å²) in [6, 6.07) is 0.454. The molecule has 1 rings (SSSR count). The van der Waals surface area contributed by atoms with Gasteiger partial charge in [0.2, 0.25) is 0 Å². The van der Waals surface area contributed by atoms with Crippen molar-refractivity contribution >= 4 is 0 Å². The minimum absolute atomic E-state index is 0.454. The fourth-order valence-corrected chi connectivity index (χ4v) is 0.418. The van der Waals surface area contributed by atoms with Crippen molar-refractivity contribution < 1.29 is 4.84 Å². The van der Waals surface area contributed by atoms with Crippen LogP contribution in [0.25, 0.3) is 0 Å². The summed E-state index contributed by atoms with van der Waals surface area (Å²) in [5.41, 5.74) is 2.91. The van der Waals surface area contributed by atoms with Gasteiger partial charge in [-0.15, -0.1) is 0 Å². The largest absolute Gasteiger partial charge is 0.298 e. The summed E-state index contributed by atoms with van der Waals surface area (Å²) in [5, 5.41) is 0. The summed E-state index contributed by atoms with van der Waals surface area (Å²) in [6.45, 7) is 4.14. The van der Waals surface area contributed by atoms with Crippen LogP contribution in [-0.4, -0.2) is 12.1 Å². The van der Waals surface area contributed by atoms with E-state index in [4.69, 9.17) is 4.84 Å². The number of hydroxylamine groups is 1. The molecule has 0 bridgehead atoms. The van der Waals surface area contributed by atoms with Gasteiger partial charge in [0.1, 0.15) is 0 Å². The van der Waals surface area contributed by atoms with Gasteiger partial charge in [0.15, 0.2) is 0 Å². The molecule has 0 heterocycles. The molecule has 8 heavy (non-hydrogen) atoms. The maximum absolute atomic E-state index is 5.16. The molecule has 0 unspecified atom stereocenters. The quantitative estimate of drug-likeness (QED) is 0.556. The summed E-state index contributed by atoms with van der Waals surface area (Å²) < 4.78 is 0. The zero-order valence-electron chi connectivity index (χ0n) is 5.48. The Morgan fingerprint density at radius 1 is 1.50 bits per heavy atom. The SMILES string of the molecule is CC(C)NOC1CC1. The summed E-state index contributed by atoms with van der Waals surface area (Å²) in [6.07, 6.45) is 3.00. The zero-order valence-corrected chi connectivity index (χ0v) is 5.48. The monoisotopic (exact) mass is 115 g/mol. The Hall–Kier alpha value is -0.0800. The first-order valence-corrected chi connectivity index (χ1v) is 3.20. The lowest BCUT2D eigenvalue weighted by atomic mass is 10.4. The smallest absolute Gasteiger partial charge is 0.0792 e. The first-order valence-electron chi connectivity index (χ1n) is 3.20. The number of rotatable bonds is 3. The maximum Gasteiger partial charge on any atom is 0.0792 e. The maximum atomic E-state index is 5.16. The molecule has 1 aliphatic rings. The summed E-state index contributed by atoms with van der Waals surface area (Å²) in [4.78, 5) is 5.16. The van der Waals surface area contributed by atoms with E-state index in [0.717, 1.165) is 0 Å². The molecule has 0 radical (unpaired) electrons. The normalized spacial score (nSPS) is 19.9. The van der Waals surface area contributed by atoms with Crippen LogP contribution >= 0.6 is 0 Å². The van der Waals surface area contributed by atoms with Gasteiger partial charge in [-0.3, -0.25) is 4.84 Å². The van der Waals surface area contributed by atoms with E-state index in [1.165, 1.54) is 12.8 Å². The first-order chi connectivity index (χ1) is 3.79. The molecule has 0 aromatic carbocycles. The van der Waals surface area contributed by atoms with Crippen molar-refractivity contribution in [2.75, 3.05) is 0 Å². The van der Waals surface area contributed by atoms with Crippen molar-refractivity contribution in [3.05, 3.63) is 0 Å². The average Bonchev–Trinajstić information content (AvgIpc) is 2.41. The highest BCUT2D eigenvalue weighted by Crippen LogP contribution is 2.21. The van der Waals surface area contributed by atoms with Crippen molar-refractivity contribution in [3.63, 3.8) is 0 Å². The van der Waals surface area contributed by atoms with Crippen LogP contribution in [0, 0.1) is 0 Å². The molecule has 0 amide bonds. The van der Waals surface area contributed by atoms with Crippen molar-refractivity contribution in [1.29, 1.82) is 0 Å². The lowest BCUT2D eigenvalue weighted by Gasteiger charge is -2.05. The second kappa shape index (κ2) is 2.46. The van der Waals surface area contributed by atoms with Crippen molar-refractivity contribution in [2.24, 2.45) is 0 Å². The van der Waals surface area contributed by atoms with E-state index in [1.54, 1.807) is 0 Å². The summed E-state index contributed by atoms with van der Waals surface area (Å²) in [5.74, 6) is 0. The Balaban J connectivity index is 1.87. The van der Waals surface area contributed by atoms with Gasteiger partial charge in [-0.05, 0) is 26.7 Å². The average molecular weight is 115 g/mol. The van der Waals surface area contributed by atoms with Crippen LogP contribution in [0.2, 0.25) is 0 Å². The number of nitrogens with one attached hydrogen (secondary N) is 1. The van der Waals surface area contributed by atoms with Gasteiger partial charge >= 0.3 is 0 Å². The van der Waals surface area contributed by atoms with Crippen molar-refractivity contribution in [1.82, 2.24) is 5.48 Å². The molecule has 0 atom stereocenters. The molecule has 0 aliphatic heterocycles. The van der Waals surface area contributed by atoms with Crippen LogP contribution in [0.3, 0.4) is 0 Å². The topological polar surface area (TPSA) is 21.3 Å². The molecule has 0 aromatic heterocycles. The molecule has 0 saturated heterocycles. The Morgan fingerprint density at radius 2 is 2.12 bits per heavy atom. The Morgan fingerprint density at radius 3 is 2.50 bits per heavy atom. The van der Waals surface area contributed by atoms with E-state index in [0.29, 0.717) is 12.1 Å². The highest BCUT2D eigenvalue weighted by Gasteiger charge is 2.22. The molecule has 1 fully saturated rings. The van der Waals surface area contributed by atoms with E-state index >= 15 is 0 Å². The van der Waals surface area contributed by atoms with E-state index < -0.39 is 0 Å². The van der Waals surface area contributed by atoms with Crippen LogP contribution in [0.4, 0.5) is 0 Å². The molecule has 1 N–H and O–H groups in total. The van der Waals surface area contributed by atoms with Gasteiger partial charge in [-0.1, -0.05) is 0 Å². The predicted molar refractivity (Wildman–Crippen MR) is 32.4 cm³/mol. The van der Waals surface area contributed by atoms with Crippen LogP contribution in [0.15, 0.2) is 0 Å². The Kier molecular flexibility index (Phi) is 1.86. The lowest BCUT2D eigenvalue weighted by molar-refractivity contribution is 0.0110. The molecule has 0 aromatic rings. The third kappa shape index (κ3) is 2.28. The first kappa shape index (κ1) is 6.05. The van der Waals surface area contributed by atoms with E-state index in [1.807, 2.05) is 0 Å². The van der Waals surface area contributed by atoms with Crippen LogP contribution < -0.4 is 5.48 Å². The fraction of sp³-hybridized carbons (Fsp3) is 1.00. The van der Waals surface area contributed by atoms with E-state index in [9.17, 15) is 0 Å². The van der Waals surface area contributed by atoms with Gasteiger partial charge in [0.05, 0.1) is 6.10 Å². The third-order valence-electron chi connectivity index (χ3n) is 0.995. The highest BCUT2D eigenvalue weighted by atomic mass is 16.7. The molecule has 1 aliphatic carbocycles. The van der Waals surface area contributed by atoms with Crippen LogP contribution in [0.5, 0.6) is 0 Å². The highest BCUT2D eigenvalue weighted by molar-refractivity contribution is 4.72. The number of hydrogen-bond acceptors (Lipinski definition) is 2. The van der Waals surface area contributed by atoms with Gasteiger partial charge < -0.3 is 0 Å². The molecule has 2 nitrogen and oxygen atoms in total. The minimum Gasteiger partial charge on any atom is -0.298 e. The summed E-state index contributed by atoms with van der Waals surface area (Å²) >= 11 is 0. The van der Waals surface area contributed by atoms with Gasteiger partial charge in [-0.25, -0.2) is 0 Å². The molecule has 0 spiro atoms. The summed E-state index contributed by atoms with van der Waals surface area (Å²) in [7, 11) is 0. The lowest BCUT2D eigenvalue weighted by Crippen LogP contribution is -2.23. The molecular weight excluding hydrogens is 102 g/mol. The molecule has 48 valence electrons. The van der Waals surface area contributed by atoms with E-state index in [-0.39, 0.29) is 0 Å². The van der Waals surface area contributed by atoms with Crippen LogP contribution in [-0.2, 0) is 4.84 Å². The Bertz CT molecular complexity index is 66.9. The predicted octanol–water partition coefficient (Wildman–Crippen LogP) is 1.08. The zero-order chi connectivity index (χ0) is 5.98. The van der Waals surface area contributed by atoms with E-state index in [2.05, 4.69) is 19.3 Å². The second-order valence-corrected chi connectivity index (χ2v) is 2.59. The number of hydrogen-bond donors (Lipinski definition) is 1. The van der Waals surface area contributed by atoms with Gasteiger partial charge in [-0.2, -0.15) is 5.48 Å². The van der Waals surface area contributed by atoms with Crippen molar-refractivity contribution in [3.8, 4) is 0 Å². The van der Waals surface area contributed by atoms with Crippen molar-refractivity contribution in [2.45, 2.75) is 38.8 Å². The Labute approximate surface area is 50.2 Å². The standard InChI is InChI=1S/C6H13NO/c1-5(2)7-8-6-3-4-6/h5-7H,3-4H2,1-2H3. The molecular formula is C6H13NO. The molecule has 2 heteroatoms. The second-order valence-electron chi connectivity index (χ2n) is 2.59.